The number of nitrogen functional groups attached to an aromatic ring is 1. The largest absolute Gasteiger partial charge is 0.385 e. The van der Waals surface area contributed by atoms with Gasteiger partial charge in [0.1, 0.15) is 0 Å². The molecule has 2 heterocycles. The van der Waals surface area contributed by atoms with Gasteiger partial charge >= 0.3 is 5.69 Å². The lowest BCUT2D eigenvalue weighted by molar-refractivity contribution is 0.190. The molecule has 0 aromatic carbocycles. The number of H-pyrrole nitrogens is 1. The van der Waals surface area contributed by atoms with Crippen LogP contribution in [0.3, 0.4) is 0 Å². The third-order valence-electron chi connectivity index (χ3n) is 2.93. The van der Waals surface area contributed by atoms with Gasteiger partial charge in [0.15, 0.2) is 17.1 Å². The molecule has 19 heavy (non-hydrogen) atoms. The van der Waals surface area contributed by atoms with Gasteiger partial charge in [0, 0.05) is 26.8 Å². The summed E-state index contributed by atoms with van der Waals surface area (Å²) in [4.78, 5) is 31.0. The van der Waals surface area contributed by atoms with Crippen molar-refractivity contribution in [1.29, 1.82) is 0 Å². The lowest BCUT2D eigenvalue weighted by Crippen LogP contribution is -2.39. The highest BCUT2D eigenvalue weighted by Crippen LogP contribution is 2.07. The SMILES string of the molecule is CCn1c(=O)c2[nH]c(N)nc2n(CCCOC)c1=O. The first-order chi connectivity index (χ1) is 9.10. The first kappa shape index (κ1) is 13.3. The molecule has 0 radical (unpaired) electrons. The molecule has 0 amide bonds. The molecule has 104 valence electrons. The van der Waals surface area contributed by atoms with Gasteiger partial charge < -0.3 is 15.5 Å². The summed E-state index contributed by atoms with van der Waals surface area (Å²) in [7, 11) is 1.60. The molecule has 8 heteroatoms. The Morgan fingerprint density at radius 2 is 2.11 bits per heavy atom. The van der Waals surface area contributed by atoms with Crippen molar-refractivity contribution in [3.8, 4) is 0 Å². The third-order valence-corrected chi connectivity index (χ3v) is 2.93. The van der Waals surface area contributed by atoms with Crippen LogP contribution in [0.15, 0.2) is 9.59 Å². The van der Waals surface area contributed by atoms with E-state index in [9.17, 15) is 9.59 Å². The van der Waals surface area contributed by atoms with E-state index >= 15 is 0 Å². The summed E-state index contributed by atoms with van der Waals surface area (Å²) in [5.74, 6) is 0.126. The molecule has 0 spiro atoms. The summed E-state index contributed by atoms with van der Waals surface area (Å²) in [6.07, 6.45) is 0.653. The maximum atomic E-state index is 12.2. The number of rotatable bonds is 5. The van der Waals surface area contributed by atoms with E-state index in [1.165, 1.54) is 4.57 Å². The van der Waals surface area contributed by atoms with E-state index in [-0.39, 0.29) is 17.2 Å². The van der Waals surface area contributed by atoms with Crippen LogP contribution in [0.25, 0.3) is 11.2 Å². The van der Waals surface area contributed by atoms with Gasteiger partial charge in [0.2, 0.25) is 0 Å². The highest BCUT2D eigenvalue weighted by atomic mass is 16.5. The Bertz CT molecular complexity index is 697. The number of ether oxygens (including phenoxy) is 1. The first-order valence-corrected chi connectivity index (χ1v) is 6.08. The summed E-state index contributed by atoms with van der Waals surface area (Å²) < 4.78 is 7.57. The molecule has 0 atom stereocenters. The Kier molecular flexibility index (Phi) is 3.70. The van der Waals surface area contributed by atoms with Gasteiger partial charge in [-0.25, -0.2) is 4.79 Å². The number of hydrogen-bond donors (Lipinski definition) is 2. The second kappa shape index (κ2) is 5.27. The van der Waals surface area contributed by atoms with Crippen molar-refractivity contribution < 1.29 is 4.74 Å². The summed E-state index contributed by atoms with van der Waals surface area (Å²) >= 11 is 0. The number of fused-ring (bicyclic) bond motifs is 1. The van der Waals surface area contributed by atoms with Gasteiger partial charge in [-0.15, -0.1) is 0 Å². The highest BCUT2D eigenvalue weighted by molar-refractivity contribution is 5.72. The third kappa shape index (κ3) is 2.26. The minimum absolute atomic E-state index is 0.126. The molecule has 0 unspecified atom stereocenters. The fourth-order valence-corrected chi connectivity index (χ4v) is 2.03. The average molecular weight is 267 g/mol. The van der Waals surface area contributed by atoms with Crippen LogP contribution in [-0.2, 0) is 17.8 Å². The van der Waals surface area contributed by atoms with Crippen LogP contribution in [0.2, 0.25) is 0 Å². The van der Waals surface area contributed by atoms with Crippen molar-refractivity contribution >= 4 is 17.1 Å². The topological polar surface area (TPSA) is 108 Å². The summed E-state index contributed by atoms with van der Waals surface area (Å²) in [6, 6.07) is 0. The number of nitrogens with one attached hydrogen (secondary N) is 1. The van der Waals surface area contributed by atoms with E-state index in [4.69, 9.17) is 10.5 Å². The molecule has 2 aromatic heterocycles. The number of aromatic nitrogens is 4. The van der Waals surface area contributed by atoms with E-state index < -0.39 is 5.56 Å². The number of hydrogen-bond acceptors (Lipinski definition) is 5. The van der Waals surface area contributed by atoms with Crippen molar-refractivity contribution in [2.45, 2.75) is 26.4 Å². The quantitative estimate of drug-likeness (QED) is 0.712. The van der Waals surface area contributed by atoms with Gasteiger partial charge in [0.25, 0.3) is 5.56 Å². The highest BCUT2D eigenvalue weighted by Gasteiger charge is 2.15. The van der Waals surface area contributed by atoms with Crippen molar-refractivity contribution in [3.05, 3.63) is 20.8 Å². The number of methoxy groups -OCH3 is 1. The van der Waals surface area contributed by atoms with Crippen LogP contribution in [0.5, 0.6) is 0 Å². The number of aryl methyl sites for hydroxylation is 1. The van der Waals surface area contributed by atoms with Crippen LogP contribution in [0.4, 0.5) is 5.95 Å². The van der Waals surface area contributed by atoms with E-state index in [0.29, 0.717) is 31.8 Å². The molecule has 3 N–H and O–H groups in total. The number of nitrogens with two attached hydrogens (primary N) is 1. The maximum Gasteiger partial charge on any atom is 0.332 e. The van der Waals surface area contributed by atoms with E-state index in [2.05, 4.69) is 9.97 Å². The van der Waals surface area contributed by atoms with E-state index in [1.54, 1.807) is 14.0 Å². The molecule has 0 aliphatic carbocycles. The summed E-state index contributed by atoms with van der Waals surface area (Å²) in [5.41, 5.74) is 5.36. The average Bonchev–Trinajstić information content (AvgIpc) is 2.76. The molecule has 0 bridgehead atoms. The monoisotopic (exact) mass is 267 g/mol. The van der Waals surface area contributed by atoms with Gasteiger partial charge in [-0.3, -0.25) is 13.9 Å². The predicted octanol–water partition coefficient (Wildman–Crippen LogP) is -0.475. The molecule has 2 rings (SSSR count). The smallest absolute Gasteiger partial charge is 0.332 e. The van der Waals surface area contributed by atoms with Crippen molar-refractivity contribution in [2.75, 3.05) is 19.5 Å². The fraction of sp³-hybridized carbons (Fsp3) is 0.545. The normalized spacial score (nSPS) is 11.3. The second-order valence-electron chi connectivity index (χ2n) is 4.15. The molecule has 0 aliphatic rings. The van der Waals surface area contributed by atoms with Crippen molar-refractivity contribution in [3.63, 3.8) is 0 Å². The van der Waals surface area contributed by atoms with E-state index in [1.807, 2.05) is 0 Å². The zero-order valence-corrected chi connectivity index (χ0v) is 11.0. The van der Waals surface area contributed by atoms with Crippen LogP contribution >= 0.6 is 0 Å². The minimum Gasteiger partial charge on any atom is -0.385 e. The number of anilines is 1. The fourth-order valence-electron chi connectivity index (χ4n) is 2.03. The molecular weight excluding hydrogens is 250 g/mol. The van der Waals surface area contributed by atoms with Crippen LogP contribution < -0.4 is 17.0 Å². The molecule has 0 aliphatic heterocycles. The van der Waals surface area contributed by atoms with Gasteiger partial charge in [-0.2, -0.15) is 4.98 Å². The van der Waals surface area contributed by atoms with Crippen molar-refractivity contribution in [2.24, 2.45) is 0 Å². The van der Waals surface area contributed by atoms with Gasteiger partial charge in [-0.05, 0) is 13.3 Å². The zero-order valence-electron chi connectivity index (χ0n) is 11.0. The van der Waals surface area contributed by atoms with E-state index in [0.717, 1.165) is 4.57 Å². The Hall–Kier alpha value is -2.09. The minimum atomic E-state index is -0.394. The number of aromatic amines is 1. The number of imidazole rings is 1. The van der Waals surface area contributed by atoms with Crippen molar-refractivity contribution in [1.82, 2.24) is 19.1 Å². The zero-order chi connectivity index (χ0) is 14.0. The summed E-state index contributed by atoms with van der Waals surface area (Å²) in [6.45, 7) is 3.00. The Morgan fingerprint density at radius 3 is 2.74 bits per heavy atom. The Labute approximate surface area is 108 Å². The Morgan fingerprint density at radius 1 is 1.37 bits per heavy atom. The Balaban J connectivity index is 2.66. The molecular formula is C11H17N5O3. The lowest BCUT2D eigenvalue weighted by atomic mass is 10.4. The molecule has 0 saturated carbocycles. The van der Waals surface area contributed by atoms with Gasteiger partial charge in [-0.1, -0.05) is 0 Å². The molecule has 2 aromatic rings. The van der Waals surface area contributed by atoms with Gasteiger partial charge in [0.05, 0.1) is 0 Å². The van der Waals surface area contributed by atoms with Crippen LogP contribution in [0, 0.1) is 0 Å². The summed E-state index contributed by atoms with van der Waals surface area (Å²) in [5, 5.41) is 0. The predicted molar refractivity (Wildman–Crippen MR) is 71.2 cm³/mol. The molecule has 0 fully saturated rings. The second-order valence-corrected chi connectivity index (χ2v) is 4.15. The number of nitrogens with zero attached hydrogens (tertiary/aromatic N) is 3. The van der Waals surface area contributed by atoms with Crippen LogP contribution in [-0.4, -0.2) is 32.8 Å². The molecule has 0 saturated heterocycles. The standard InChI is InChI=1S/C11H17N5O3/c1-3-15-9(17)7-8(14-10(12)13-7)16(11(15)18)5-4-6-19-2/h3-6H2,1-2H3,(H3,12,13,14). The molecule has 8 nitrogen and oxygen atoms in total. The first-order valence-electron chi connectivity index (χ1n) is 6.08. The lowest BCUT2D eigenvalue weighted by Gasteiger charge is -2.09. The maximum absolute atomic E-state index is 12.2. The van der Waals surface area contributed by atoms with Crippen LogP contribution in [0.1, 0.15) is 13.3 Å².